The van der Waals surface area contributed by atoms with E-state index < -0.39 is 18.8 Å². The summed E-state index contributed by atoms with van der Waals surface area (Å²) in [6, 6.07) is 20.2. The van der Waals surface area contributed by atoms with Crippen LogP contribution in [0.1, 0.15) is 10.5 Å². The van der Waals surface area contributed by atoms with Crippen molar-refractivity contribution in [3.8, 4) is 10.6 Å². The molecule has 1 fully saturated rings. The van der Waals surface area contributed by atoms with Crippen LogP contribution >= 0.6 is 11.3 Å². The van der Waals surface area contributed by atoms with Crippen molar-refractivity contribution in [2.24, 2.45) is 0 Å². The van der Waals surface area contributed by atoms with E-state index in [9.17, 15) is 4.79 Å². The molecule has 1 aliphatic heterocycles. The Bertz CT molecular complexity index is 828. The molecule has 5 heteroatoms. The number of hydrogen-bond acceptors (Lipinski definition) is 4. The Hall–Kier alpha value is -1.66. The third-order valence-electron chi connectivity index (χ3n) is 4.03. The van der Waals surface area contributed by atoms with Gasteiger partial charge in [0, 0.05) is 0 Å². The second-order valence-corrected chi connectivity index (χ2v) is 17.3. The molecule has 1 aromatic heterocycles. The number of carbonyl (C=O) groups is 1. The normalized spacial score (nSPS) is 15.1. The van der Waals surface area contributed by atoms with Crippen LogP contribution in [0.5, 0.6) is 0 Å². The molecule has 114 valence electrons. The van der Waals surface area contributed by atoms with E-state index >= 15 is 0 Å². The van der Waals surface area contributed by atoms with Crippen molar-refractivity contribution < 1.29 is 7.87 Å². The van der Waals surface area contributed by atoms with Crippen LogP contribution in [0.25, 0.3) is 10.6 Å². The zero-order valence-electron chi connectivity index (χ0n) is 12.4. The van der Waals surface area contributed by atoms with Crippen LogP contribution in [0, 0.1) is 0 Å². The van der Waals surface area contributed by atoms with Gasteiger partial charge in [0.25, 0.3) is 0 Å². The van der Waals surface area contributed by atoms with Gasteiger partial charge in [-0.2, -0.15) is 0 Å². The molecule has 3 aromatic rings. The Labute approximate surface area is 143 Å². The van der Waals surface area contributed by atoms with E-state index in [4.69, 9.17) is 3.07 Å². The van der Waals surface area contributed by atoms with Crippen molar-refractivity contribution in [3.63, 3.8) is 0 Å². The van der Waals surface area contributed by atoms with Crippen LogP contribution in [0.3, 0.4) is 0 Å². The van der Waals surface area contributed by atoms with Crippen molar-refractivity contribution >= 4 is 39.7 Å². The molecule has 0 aliphatic carbocycles. The second kappa shape index (κ2) is 6.09. The molecular weight excluding hydrogens is 413 g/mol. The van der Waals surface area contributed by atoms with Crippen LogP contribution < -0.4 is 3.58 Å². The first kappa shape index (κ1) is 14.9. The molecule has 1 aliphatic rings. The van der Waals surface area contributed by atoms with Crippen molar-refractivity contribution in [2.45, 2.75) is 8.87 Å². The summed E-state index contributed by atoms with van der Waals surface area (Å²) in [5.74, 6) is -0.249. The van der Waals surface area contributed by atoms with E-state index in [-0.39, 0.29) is 5.97 Å². The molecule has 0 unspecified atom stereocenters. The van der Waals surface area contributed by atoms with E-state index in [2.05, 4.69) is 17.1 Å². The summed E-state index contributed by atoms with van der Waals surface area (Å²) in [5.41, 5.74) is 1.47. The van der Waals surface area contributed by atoms with Gasteiger partial charge in [-0.05, 0) is 0 Å². The molecule has 2 heterocycles. The first-order chi connectivity index (χ1) is 11.3. The molecule has 2 aromatic carbocycles. The number of benzene rings is 2. The SMILES string of the molecule is O=C([O][Sn]1([c]2ccccc2)[CH2][CH2]1)c1csc(-c2ccccc2)n1. The number of nitrogens with zero attached hydrogens (tertiary/aromatic N) is 1. The first-order valence-corrected chi connectivity index (χ1v) is 15.1. The van der Waals surface area contributed by atoms with Crippen molar-refractivity contribution in [2.75, 3.05) is 0 Å². The summed E-state index contributed by atoms with van der Waals surface area (Å²) in [6.07, 6.45) is 0. The monoisotopic (exact) mass is 429 g/mol. The summed E-state index contributed by atoms with van der Waals surface area (Å²) in [4.78, 5) is 17.0. The Morgan fingerprint density at radius 3 is 2.30 bits per heavy atom. The van der Waals surface area contributed by atoms with Crippen LogP contribution in [0.4, 0.5) is 0 Å². The maximum atomic E-state index is 12.5. The fourth-order valence-electron chi connectivity index (χ4n) is 2.62. The summed E-state index contributed by atoms with van der Waals surface area (Å²) < 4.78 is 9.42. The van der Waals surface area contributed by atoms with Gasteiger partial charge in [-0.25, -0.2) is 0 Å². The van der Waals surface area contributed by atoms with Gasteiger partial charge in [0.1, 0.15) is 0 Å². The molecule has 0 N–H and O–H groups in total. The molecule has 23 heavy (non-hydrogen) atoms. The quantitative estimate of drug-likeness (QED) is 0.594. The number of carbonyl (C=O) groups excluding carboxylic acids is 1. The molecule has 0 atom stereocenters. The minimum absolute atomic E-state index is 0.249. The predicted octanol–water partition coefficient (Wildman–Crippen LogP) is 3.83. The Morgan fingerprint density at radius 2 is 1.65 bits per heavy atom. The van der Waals surface area contributed by atoms with Crippen LogP contribution in [-0.2, 0) is 3.07 Å². The predicted molar refractivity (Wildman–Crippen MR) is 94.4 cm³/mol. The minimum atomic E-state index is -2.84. The zero-order chi connectivity index (χ0) is 15.7. The van der Waals surface area contributed by atoms with Gasteiger partial charge in [0.05, 0.1) is 0 Å². The van der Waals surface area contributed by atoms with E-state index in [1.54, 1.807) is 5.38 Å². The summed E-state index contributed by atoms with van der Waals surface area (Å²) in [5, 5.41) is 2.66. The van der Waals surface area contributed by atoms with Crippen LogP contribution in [-0.4, -0.2) is 29.7 Å². The Balaban J connectivity index is 1.54. The fourth-order valence-corrected chi connectivity index (χ4v) is 14.6. The topological polar surface area (TPSA) is 39.2 Å². The average Bonchev–Trinajstić information content (AvgIpc) is 3.22. The number of hydrogen-bond donors (Lipinski definition) is 0. The van der Waals surface area contributed by atoms with Crippen molar-refractivity contribution in [1.29, 1.82) is 0 Å². The average molecular weight is 428 g/mol. The van der Waals surface area contributed by atoms with Gasteiger partial charge < -0.3 is 0 Å². The number of thiazole rings is 1. The van der Waals surface area contributed by atoms with Gasteiger partial charge in [0.2, 0.25) is 0 Å². The maximum absolute atomic E-state index is 12.5. The van der Waals surface area contributed by atoms with E-state index in [0.29, 0.717) is 5.69 Å². The summed E-state index contributed by atoms with van der Waals surface area (Å²) in [6.45, 7) is 0. The summed E-state index contributed by atoms with van der Waals surface area (Å²) in [7, 11) is 0. The standard InChI is InChI=1S/C10H7NO2S.C6H5.C2H4.Sn/c12-10(13)8-6-14-9(11-8)7-4-2-1-3-5-7;1-2-4-6-5-3-1;1-2;/h1-6H,(H,12,13);1-5H;1-2H2;/q;;;+1/p-1. The summed E-state index contributed by atoms with van der Waals surface area (Å²) >= 11 is -1.35. The number of aromatic nitrogens is 1. The molecule has 0 bridgehead atoms. The third-order valence-corrected chi connectivity index (χ3v) is 14.5. The molecular formula is C18H15NO2SSn. The zero-order valence-corrected chi connectivity index (χ0v) is 16.1. The molecule has 1 saturated heterocycles. The van der Waals surface area contributed by atoms with E-state index in [0.717, 1.165) is 19.4 Å². The van der Waals surface area contributed by atoms with Gasteiger partial charge >= 0.3 is 144 Å². The van der Waals surface area contributed by atoms with Crippen molar-refractivity contribution in [1.82, 2.24) is 4.98 Å². The van der Waals surface area contributed by atoms with Crippen molar-refractivity contribution in [3.05, 3.63) is 71.7 Å². The van der Waals surface area contributed by atoms with Gasteiger partial charge in [-0.3, -0.25) is 0 Å². The third kappa shape index (κ3) is 3.05. The van der Waals surface area contributed by atoms with Gasteiger partial charge in [0.15, 0.2) is 0 Å². The molecule has 0 spiro atoms. The first-order valence-electron chi connectivity index (χ1n) is 7.57. The van der Waals surface area contributed by atoms with Gasteiger partial charge in [-0.1, -0.05) is 0 Å². The Morgan fingerprint density at radius 1 is 1.00 bits per heavy atom. The van der Waals surface area contributed by atoms with Crippen LogP contribution in [0.2, 0.25) is 8.87 Å². The molecule has 0 radical (unpaired) electrons. The second-order valence-electron chi connectivity index (χ2n) is 5.65. The number of rotatable bonds is 4. The molecule has 3 nitrogen and oxygen atoms in total. The molecule has 0 amide bonds. The fraction of sp³-hybridized carbons (Fsp3) is 0.111. The molecule has 4 rings (SSSR count). The van der Waals surface area contributed by atoms with Crippen LogP contribution in [0.15, 0.2) is 66.0 Å². The Kier molecular flexibility index (Phi) is 3.95. The van der Waals surface area contributed by atoms with E-state index in [1.165, 1.54) is 14.9 Å². The van der Waals surface area contributed by atoms with E-state index in [1.807, 2.05) is 48.5 Å². The van der Waals surface area contributed by atoms with Gasteiger partial charge in [-0.15, -0.1) is 0 Å². The molecule has 0 saturated carbocycles.